The maximum absolute atomic E-state index is 13.5. The molecule has 0 atom stereocenters. The summed E-state index contributed by atoms with van der Waals surface area (Å²) in [6, 6.07) is 11.7. The molecule has 0 aromatic heterocycles. The third-order valence-corrected chi connectivity index (χ3v) is 3.18. The predicted molar refractivity (Wildman–Crippen MR) is 75.1 cm³/mol. The Morgan fingerprint density at radius 3 is 2.74 bits per heavy atom. The number of rotatable bonds is 3. The van der Waals surface area contributed by atoms with Crippen LogP contribution in [0.4, 0.5) is 15.8 Å². The van der Waals surface area contributed by atoms with E-state index >= 15 is 0 Å². The summed E-state index contributed by atoms with van der Waals surface area (Å²) in [6.07, 6.45) is 0. The van der Waals surface area contributed by atoms with Gasteiger partial charge < -0.3 is 10.1 Å². The van der Waals surface area contributed by atoms with Crippen LogP contribution in [0.15, 0.2) is 40.9 Å². The van der Waals surface area contributed by atoms with Crippen LogP contribution in [0.1, 0.15) is 5.56 Å². The molecule has 0 amide bonds. The molecule has 2 aromatic carbocycles. The zero-order chi connectivity index (χ0) is 13.8. The molecule has 2 rings (SSSR count). The standard InChI is InChI=1S/C14H10BrFN2O/c1-19-14-6-5-9(7-11(14)15)18-13-4-2-3-12(16)10(13)8-17/h2-7,18H,1H3. The molecule has 0 spiro atoms. The topological polar surface area (TPSA) is 45.0 Å². The fourth-order valence-corrected chi connectivity index (χ4v) is 2.18. The van der Waals surface area contributed by atoms with Gasteiger partial charge in [0.2, 0.25) is 0 Å². The molecular weight excluding hydrogens is 311 g/mol. The van der Waals surface area contributed by atoms with E-state index in [9.17, 15) is 4.39 Å². The van der Waals surface area contributed by atoms with E-state index in [1.54, 1.807) is 37.4 Å². The second-order valence-electron chi connectivity index (χ2n) is 3.75. The van der Waals surface area contributed by atoms with E-state index in [0.717, 1.165) is 10.2 Å². The number of anilines is 2. The summed E-state index contributed by atoms with van der Waals surface area (Å²) < 4.78 is 19.4. The Hall–Kier alpha value is -2.06. The largest absolute Gasteiger partial charge is 0.496 e. The van der Waals surface area contributed by atoms with Crippen LogP contribution >= 0.6 is 15.9 Å². The highest BCUT2D eigenvalue weighted by molar-refractivity contribution is 9.10. The van der Waals surface area contributed by atoms with Gasteiger partial charge in [0.15, 0.2) is 0 Å². The first-order valence-corrected chi connectivity index (χ1v) is 6.24. The second-order valence-corrected chi connectivity index (χ2v) is 4.60. The molecule has 0 saturated heterocycles. The molecule has 19 heavy (non-hydrogen) atoms. The quantitative estimate of drug-likeness (QED) is 0.921. The molecule has 0 aliphatic carbocycles. The third-order valence-electron chi connectivity index (χ3n) is 2.56. The molecule has 2 aromatic rings. The molecule has 0 fully saturated rings. The van der Waals surface area contributed by atoms with Crippen molar-refractivity contribution in [3.63, 3.8) is 0 Å². The molecule has 0 unspecified atom stereocenters. The minimum atomic E-state index is -0.542. The summed E-state index contributed by atoms with van der Waals surface area (Å²) in [5.41, 5.74) is 1.16. The van der Waals surface area contributed by atoms with E-state index in [-0.39, 0.29) is 5.56 Å². The van der Waals surface area contributed by atoms with Crippen molar-refractivity contribution in [1.82, 2.24) is 0 Å². The van der Waals surface area contributed by atoms with Crippen molar-refractivity contribution in [2.45, 2.75) is 0 Å². The summed E-state index contributed by atoms with van der Waals surface area (Å²) in [7, 11) is 1.58. The highest BCUT2D eigenvalue weighted by Gasteiger charge is 2.08. The van der Waals surface area contributed by atoms with Gasteiger partial charge in [-0.2, -0.15) is 5.26 Å². The van der Waals surface area contributed by atoms with Crippen molar-refractivity contribution >= 4 is 27.3 Å². The van der Waals surface area contributed by atoms with Crippen LogP contribution in [0.5, 0.6) is 5.75 Å². The van der Waals surface area contributed by atoms with Gasteiger partial charge in [0.1, 0.15) is 23.2 Å². The maximum atomic E-state index is 13.5. The van der Waals surface area contributed by atoms with Gasteiger partial charge >= 0.3 is 0 Å². The van der Waals surface area contributed by atoms with Gasteiger partial charge in [0.25, 0.3) is 0 Å². The number of methoxy groups -OCH3 is 1. The Morgan fingerprint density at radius 2 is 2.11 bits per heavy atom. The van der Waals surface area contributed by atoms with Crippen molar-refractivity contribution in [3.8, 4) is 11.8 Å². The number of hydrogen-bond acceptors (Lipinski definition) is 3. The monoisotopic (exact) mass is 320 g/mol. The minimum absolute atomic E-state index is 0.00515. The fraction of sp³-hybridized carbons (Fsp3) is 0.0714. The zero-order valence-corrected chi connectivity index (χ0v) is 11.7. The first-order valence-electron chi connectivity index (χ1n) is 5.45. The summed E-state index contributed by atoms with van der Waals surface area (Å²) in [5.74, 6) is 0.158. The van der Waals surface area contributed by atoms with Crippen LogP contribution < -0.4 is 10.1 Å². The lowest BCUT2D eigenvalue weighted by atomic mass is 10.1. The average molecular weight is 321 g/mol. The van der Waals surface area contributed by atoms with Crippen molar-refractivity contribution in [1.29, 1.82) is 5.26 Å². The summed E-state index contributed by atoms with van der Waals surface area (Å²) in [5, 5.41) is 12.0. The Bertz CT molecular complexity index is 652. The zero-order valence-electron chi connectivity index (χ0n) is 10.1. The first kappa shape index (κ1) is 13.4. The number of nitrogens with zero attached hydrogens (tertiary/aromatic N) is 1. The molecule has 0 aliphatic heterocycles. The van der Waals surface area contributed by atoms with E-state index in [1.807, 2.05) is 6.07 Å². The Kier molecular flexibility index (Phi) is 4.03. The third kappa shape index (κ3) is 2.85. The van der Waals surface area contributed by atoms with E-state index in [1.165, 1.54) is 6.07 Å². The molecule has 96 valence electrons. The number of nitriles is 1. The van der Waals surface area contributed by atoms with Gasteiger partial charge in [0, 0.05) is 5.69 Å². The number of ether oxygens (including phenoxy) is 1. The van der Waals surface area contributed by atoms with Gasteiger partial charge in [0.05, 0.1) is 17.3 Å². The van der Waals surface area contributed by atoms with Crippen LogP contribution in [-0.2, 0) is 0 Å². The second kappa shape index (κ2) is 5.72. The van der Waals surface area contributed by atoms with Crippen LogP contribution in [0, 0.1) is 17.1 Å². The van der Waals surface area contributed by atoms with Crippen molar-refractivity contribution in [3.05, 3.63) is 52.3 Å². The normalized spacial score (nSPS) is 9.79. The lowest BCUT2D eigenvalue weighted by molar-refractivity contribution is 0.412. The minimum Gasteiger partial charge on any atom is -0.496 e. The van der Waals surface area contributed by atoms with Crippen LogP contribution in [0.2, 0.25) is 0 Å². The van der Waals surface area contributed by atoms with Gasteiger partial charge in [-0.25, -0.2) is 4.39 Å². The van der Waals surface area contributed by atoms with Crippen LogP contribution in [0.25, 0.3) is 0 Å². The fourth-order valence-electron chi connectivity index (χ4n) is 1.64. The van der Waals surface area contributed by atoms with Crippen molar-refractivity contribution in [2.24, 2.45) is 0 Å². The number of nitrogens with one attached hydrogen (secondary N) is 1. The maximum Gasteiger partial charge on any atom is 0.143 e. The highest BCUT2D eigenvalue weighted by Crippen LogP contribution is 2.30. The molecule has 3 nitrogen and oxygen atoms in total. The smallest absolute Gasteiger partial charge is 0.143 e. The van der Waals surface area contributed by atoms with Crippen molar-refractivity contribution < 1.29 is 9.13 Å². The first-order chi connectivity index (χ1) is 9.15. The number of hydrogen-bond donors (Lipinski definition) is 1. The van der Waals surface area contributed by atoms with Crippen molar-refractivity contribution in [2.75, 3.05) is 12.4 Å². The molecule has 0 radical (unpaired) electrons. The lowest BCUT2D eigenvalue weighted by Gasteiger charge is -2.10. The van der Waals surface area contributed by atoms with Gasteiger partial charge in [-0.05, 0) is 46.3 Å². The Balaban J connectivity index is 2.34. The Morgan fingerprint density at radius 1 is 1.32 bits per heavy atom. The molecule has 0 bridgehead atoms. The van der Waals surface area contributed by atoms with Gasteiger partial charge in [-0.1, -0.05) is 6.07 Å². The van der Waals surface area contributed by atoms with Gasteiger partial charge in [-0.15, -0.1) is 0 Å². The predicted octanol–water partition coefficient (Wildman–Crippen LogP) is 4.21. The summed E-state index contributed by atoms with van der Waals surface area (Å²) in [6.45, 7) is 0. The van der Waals surface area contributed by atoms with Crippen LogP contribution in [0.3, 0.4) is 0 Å². The van der Waals surface area contributed by atoms with E-state index in [0.29, 0.717) is 11.4 Å². The van der Waals surface area contributed by atoms with E-state index in [4.69, 9.17) is 10.00 Å². The molecule has 1 N–H and O–H groups in total. The van der Waals surface area contributed by atoms with Gasteiger partial charge in [-0.3, -0.25) is 0 Å². The molecule has 5 heteroatoms. The summed E-state index contributed by atoms with van der Waals surface area (Å²) in [4.78, 5) is 0. The SMILES string of the molecule is COc1ccc(Nc2cccc(F)c2C#N)cc1Br. The van der Waals surface area contributed by atoms with E-state index in [2.05, 4.69) is 21.2 Å². The molecule has 0 aliphatic rings. The molecular formula is C14H10BrFN2O. The molecule has 0 heterocycles. The number of halogens is 2. The molecule has 0 saturated carbocycles. The number of benzene rings is 2. The Labute approximate surface area is 118 Å². The lowest BCUT2D eigenvalue weighted by Crippen LogP contribution is -1.96. The average Bonchev–Trinajstić information content (AvgIpc) is 2.39. The highest BCUT2D eigenvalue weighted by atomic mass is 79.9. The van der Waals surface area contributed by atoms with E-state index < -0.39 is 5.82 Å². The van der Waals surface area contributed by atoms with Crippen LogP contribution in [-0.4, -0.2) is 7.11 Å². The summed E-state index contributed by atoms with van der Waals surface area (Å²) >= 11 is 3.37.